The second-order valence-electron chi connectivity index (χ2n) is 9.87. The molecular weight excluding hydrogens is 548 g/mol. The van der Waals surface area contributed by atoms with Crippen molar-refractivity contribution in [1.29, 1.82) is 0 Å². The number of nitrogens with zero attached hydrogens (tertiary/aromatic N) is 6. The fourth-order valence-electron chi connectivity index (χ4n) is 4.17. The highest BCUT2D eigenvalue weighted by Crippen LogP contribution is 2.59. The van der Waals surface area contributed by atoms with Crippen molar-refractivity contribution in [3.05, 3.63) is 65.8 Å². The molecule has 0 atom stereocenters. The minimum Gasteiger partial charge on any atom is -0.358 e. The van der Waals surface area contributed by atoms with Crippen molar-refractivity contribution in [2.75, 3.05) is 24.7 Å². The number of anilines is 3. The third kappa shape index (κ3) is 5.60. The molecule has 0 bridgehead atoms. The lowest BCUT2D eigenvalue weighted by atomic mass is 10.0. The van der Waals surface area contributed by atoms with Crippen LogP contribution in [0.25, 0.3) is 11.1 Å². The second kappa shape index (κ2) is 10.3. The Morgan fingerprint density at radius 1 is 1.10 bits per heavy atom. The van der Waals surface area contributed by atoms with E-state index in [1.807, 2.05) is 0 Å². The number of amides is 2. The van der Waals surface area contributed by atoms with Gasteiger partial charge in [0.1, 0.15) is 11.2 Å². The molecule has 1 aliphatic rings. The third-order valence-electron chi connectivity index (χ3n) is 6.64. The van der Waals surface area contributed by atoms with Gasteiger partial charge in [-0.1, -0.05) is 17.3 Å². The normalized spacial score (nSPS) is 14.0. The number of aryl methyl sites for hydroxylation is 1. The van der Waals surface area contributed by atoms with Crippen LogP contribution in [0.2, 0.25) is 0 Å². The first kappa shape index (κ1) is 27.7. The van der Waals surface area contributed by atoms with Crippen molar-refractivity contribution in [2.45, 2.75) is 30.9 Å². The van der Waals surface area contributed by atoms with Crippen LogP contribution in [0.3, 0.4) is 0 Å². The summed E-state index contributed by atoms with van der Waals surface area (Å²) in [5.74, 6) is -1.31. The first-order valence-corrected chi connectivity index (χ1v) is 12.3. The van der Waals surface area contributed by atoms with Crippen LogP contribution in [0.15, 0.2) is 47.4 Å². The predicted molar refractivity (Wildman–Crippen MR) is 138 cm³/mol. The number of imidazole rings is 1. The monoisotopic (exact) mass is 572 g/mol. The van der Waals surface area contributed by atoms with Crippen LogP contribution in [0.5, 0.6) is 0 Å². The molecule has 1 aliphatic carbocycles. The minimum absolute atomic E-state index is 0.0707. The van der Waals surface area contributed by atoms with Gasteiger partial charge in [-0.15, -0.1) is 0 Å². The Morgan fingerprint density at radius 2 is 1.80 bits per heavy atom. The molecule has 0 unspecified atom stereocenters. The summed E-state index contributed by atoms with van der Waals surface area (Å²) < 4.78 is 61.0. The number of benzene rings is 1. The number of aromatic nitrogens is 5. The Bertz CT molecular complexity index is 1610. The molecule has 0 aliphatic heterocycles. The van der Waals surface area contributed by atoms with E-state index in [9.17, 15) is 27.2 Å². The molecule has 214 valence electrons. The number of alkyl halides is 3. The topological polar surface area (TPSA) is 131 Å². The van der Waals surface area contributed by atoms with E-state index in [0.717, 1.165) is 6.07 Å². The first-order valence-electron chi connectivity index (χ1n) is 12.3. The molecule has 3 heterocycles. The van der Waals surface area contributed by atoms with Crippen molar-refractivity contribution >= 4 is 29.4 Å². The Hall–Kier alpha value is -4.82. The van der Waals surface area contributed by atoms with E-state index in [1.165, 1.54) is 29.4 Å². The molecular formula is C26H24F4N8O3. The summed E-state index contributed by atoms with van der Waals surface area (Å²) >= 11 is 0. The predicted octanol–water partition coefficient (Wildman–Crippen LogP) is 4.22. The zero-order chi connectivity index (χ0) is 29.5. The van der Waals surface area contributed by atoms with Crippen LogP contribution in [0, 0.1) is 5.82 Å². The third-order valence-corrected chi connectivity index (χ3v) is 6.64. The average molecular weight is 573 g/mol. The minimum atomic E-state index is -4.48. The van der Waals surface area contributed by atoms with E-state index in [-0.39, 0.29) is 54.1 Å². The lowest BCUT2D eigenvalue weighted by Crippen LogP contribution is -2.28. The molecule has 2 N–H and O–H groups in total. The van der Waals surface area contributed by atoms with Crippen LogP contribution in [-0.4, -0.2) is 61.7 Å². The Morgan fingerprint density at radius 3 is 2.41 bits per heavy atom. The van der Waals surface area contributed by atoms with Crippen LogP contribution >= 0.6 is 0 Å². The molecule has 0 radical (unpaired) electrons. The van der Waals surface area contributed by atoms with Gasteiger partial charge in [-0.3, -0.25) is 9.59 Å². The number of hydrogen-bond donors (Lipinski definition) is 2. The summed E-state index contributed by atoms with van der Waals surface area (Å²) in [6.07, 6.45) is -0.498. The molecule has 2 amide bonds. The maximum atomic E-state index is 14.8. The summed E-state index contributed by atoms with van der Waals surface area (Å²) in [4.78, 5) is 38.7. The van der Waals surface area contributed by atoms with Crippen molar-refractivity contribution in [2.24, 2.45) is 7.05 Å². The quantitative estimate of drug-likeness (QED) is 0.300. The Balaban J connectivity index is 1.21. The van der Waals surface area contributed by atoms with Gasteiger partial charge in [-0.25, -0.2) is 19.3 Å². The van der Waals surface area contributed by atoms with Gasteiger partial charge in [0, 0.05) is 51.4 Å². The van der Waals surface area contributed by atoms with E-state index >= 15 is 0 Å². The van der Waals surface area contributed by atoms with E-state index in [1.54, 1.807) is 38.0 Å². The van der Waals surface area contributed by atoms with E-state index in [4.69, 9.17) is 4.52 Å². The average Bonchev–Trinajstić information content (AvgIpc) is 3.49. The molecule has 15 heteroatoms. The summed E-state index contributed by atoms with van der Waals surface area (Å²) in [6, 6.07) is 5.28. The molecule has 3 aromatic heterocycles. The summed E-state index contributed by atoms with van der Waals surface area (Å²) in [7, 11) is 4.93. The standard InChI is InChI=1S/C26H24F4N8O3/c1-37(2)23(40)22-34-20(13-38(22)3)35-24-31-11-16(12-32-24)14-4-5-15(17(27)8-14)9-21(39)33-19-10-18(41-36-19)25(6-7-25)26(28,29)30/h4-5,8,10-13H,6-7,9H2,1-3H3,(H,31,32,35)(H,33,36,39). The molecule has 11 nitrogen and oxygen atoms in total. The van der Waals surface area contributed by atoms with Gasteiger partial charge >= 0.3 is 6.18 Å². The number of carbonyl (C=O) groups is 2. The fraction of sp³-hybridized carbons (Fsp3) is 0.308. The largest absolute Gasteiger partial charge is 0.401 e. The molecule has 5 rings (SSSR count). The fourth-order valence-corrected chi connectivity index (χ4v) is 4.17. The van der Waals surface area contributed by atoms with Gasteiger partial charge in [0.15, 0.2) is 17.4 Å². The highest BCUT2D eigenvalue weighted by molar-refractivity contribution is 5.92. The smallest absolute Gasteiger partial charge is 0.358 e. The number of hydrogen-bond acceptors (Lipinski definition) is 8. The van der Waals surface area contributed by atoms with Crippen LogP contribution in [0.4, 0.5) is 35.1 Å². The van der Waals surface area contributed by atoms with Gasteiger partial charge < -0.3 is 24.6 Å². The van der Waals surface area contributed by atoms with Crippen molar-refractivity contribution in [3.8, 4) is 11.1 Å². The van der Waals surface area contributed by atoms with E-state index in [2.05, 4.69) is 30.7 Å². The lowest BCUT2D eigenvalue weighted by Gasteiger charge is -2.14. The highest BCUT2D eigenvalue weighted by atomic mass is 19.4. The van der Waals surface area contributed by atoms with Gasteiger partial charge in [0.2, 0.25) is 17.7 Å². The molecule has 4 aromatic rings. The van der Waals surface area contributed by atoms with Gasteiger partial charge in [0.05, 0.1) is 6.42 Å². The summed E-state index contributed by atoms with van der Waals surface area (Å²) in [5, 5.41) is 8.76. The van der Waals surface area contributed by atoms with Crippen LogP contribution in [0.1, 0.15) is 34.8 Å². The van der Waals surface area contributed by atoms with Gasteiger partial charge in [-0.2, -0.15) is 13.2 Å². The summed E-state index contributed by atoms with van der Waals surface area (Å²) in [5.41, 5.74) is -1.03. The SMILES string of the molecule is CN(C)C(=O)c1nc(Nc2ncc(-c3ccc(CC(=O)Nc4cc(C5(C(F)(F)F)CC5)on4)c(F)c3)cn2)cn1C. The maximum absolute atomic E-state index is 14.8. The zero-order valence-electron chi connectivity index (χ0n) is 22.1. The Labute approximate surface area is 230 Å². The number of nitrogens with one attached hydrogen (secondary N) is 2. The first-order chi connectivity index (χ1) is 19.4. The maximum Gasteiger partial charge on any atom is 0.401 e. The van der Waals surface area contributed by atoms with Crippen molar-refractivity contribution in [1.82, 2.24) is 29.6 Å². The molecule has 1 fully saturated rings. The molecule has 41 heavy (non-hydrogen) atoms. The highest BCUT2D eigenvalue weighted by Gasteiger charge is 2.66. The second-order valence-corrected chi connectivity index (χ2v) is 9.87. The van der Waals surface area contributed by atoms with Crippen molar-refractivity contribution < 1.29 is 31.7 Å². The lowest BCUT2D eigenvalue weighted by molar-refractivity contribution is -0.165. The van der Waals surface area contributed by atoms with E-state index < -0.39 is 23.3 Å². The van der Waals surface area contributed by atoms with Crippen molar-refractivity contribution in [3.63, 3.8) is 0 Å². The molecule has 1 saturated carbocycles. The van der Waals surface area contributed by atoms with Gasteiger partial charge in [0.25, 0.3) is 5.91 Å². The van der Waals surface area contributed by atoms with Crippen LogP contribution < -0.4 is 10.6 Å². The Kier molecular flexibility index (Phi) is 6.97. The molecule has 0 spiro atoms. The van der Waals surface area contributed by atoms with Gasteiger partial charge in [-0.05, 0) is 30.0 Å². The molecule has 0 saturated heterocycles. The van der Waals surface area contributed by atoms with E-state index in [0.29, 0.717) is 16.9 Å². The zero-order valence-corrected chi connectivity index (χ0v) is 22.1. The number of rotatable bonds is 8. The molecule has 1 aromatic carbocycles. The summed E-state index contributed by atoms with van der Waals surface area (Å²) in [6.45, 7) is 0. The number of carbonyl (C=O) groups excluding carboxylic acids is 2. The number of halogens is 4. The van der Waals surface area contributed by atoms with Crippen LogP contribution in [-0.2, 0) is 23.7 Å².